The smallest absolute Gasteiger partial charge is 0.263 e. The van der Waals surface area contributed by atoms with Crippen molar-refractivity contribution in [2.75, 3.05) is 26.1 Å². The average Bonchev–Trinajstić information content (AvgIpc) is 3.13. The third-order valence-electron chi connectivity index (χ3n) is 4.04. The normalized spacial score (nSPS) is 10.5. The maximum Gasteiger partial charge on any atom is 0.263 e. The number of methoxy groups -OCH3 is 2. The number of para-hydroxylation sites is 1. The summed E-state index contributed by atoms with van der Waals surface area (Å²) >= 11 is 9.43. The fraction of sp³-hybridized carbons (Fsp3) is 0.200. The SMILES string of the molecule is COc1cccc(Cn2nccc2NC(=O)COc2ccc(Br)cc2Cl)c1OC. The molecular formula is C20H19BrClN3O4. The molecule has 0 aliphatic rings. The standard InChI is InChI=1S/C20H19BrClN3O4/c1-27-17-5-3-4-13(20(17)28-2)11-25-18(8-9-23-25)24-19(26)12-29-16-7-6-14(21)10-15(16)22/h3-10H,11-12H2,1-2H3,(H,24,26). The molecule has 9 heteroatoms. The van der Waals surface area contributed by atoms with E-state index in [-0.39, 0.29) is 12.5 Å². The van der Waals surface area contributed by atoms with Crippen molar-refractivity contribution in [1.82, 2.24) is 9.78 Å². The number of carbonyl (C=O) groups excluding carboxylic acids is 1. The lowest BCUT2D eigenvalue weighted by Gasteiger charge is -2.14. The molecule has 0 aliphatic heterocycles. The van der Waals surface area contributed by atoms with Gasteiger partial charge in [0.25, 0.3) is 5.91 Å². The van der Waals surface area contributed by atoms with Gasteiger partial charge in [0.05, 0.1) is 32.0 Å². The van der Waals surface area contributed by atoms with Crippen molar-refractivity contribution in [2.45, 2.75) is 6.54 Å². The highest BCUT2D eigenvalue weighted by atomic mass is 79.9. The van der Waals surface area contributed by atoms with Crippen LogP contribution in [0.25, 0.3) is 0 Å². The van der Waals surface area contributed by atoms with Crippen molar-refractivity contribution in [2.24, 2.45) is 0 Å². The maximum absolute atomic E-state index is 12.3. The molecule has 1 amide bonds. The zero-order chi connectivity index (χ0) is 20.8. The first-order chi connectivity index (χ1) is 14.0. The number of amides is 1. The molecule has 1 N–H and O–H groups in total. The second-order valence-corrected chi connectivity index (χ2v) is 7.26. The van der Waals surface area contributed by atoms with E-state index >= 15 is 0 Å². The summed E-state index contributed by atoms with van der Waals surface area (Å²) in [5, 5.41) is 7.48. The number of benzene rings is 2. The van der Waals surface area contributed by atoms with E-state index in [1.165, 1.54) is 0 Å². The maximum atomic E-state index is 12.3. The number of nitrogens with one attached hydrogen (secondary N) is 1. The molecule has 1 aromatic heterocycles. The third kappa shape index (κ3) is 5.21. The summed E-state index contributed by atoms with van der Waals surface area (Å²) in [6.45, 7) is 0.206. The van der Waals surface area contributed by atoms with E-state index in [1.807, 2.05) is 18.2 Å². The first-order valence-electron chi connectivity index (χ1n) is 8.61. The van der Waals surface area contributed by atoms with E-state index in [2.05, 4.69) is 26.3 Å². The topological polar surface area (TPSA) is 74.6 Å². The van der Waals surface area contributed by atoms with Crippen LogP contribution in [0.1, 0.15) is 5.56 Å². The Morgan fingerprint density at radius 2 is 2.00 bits per heavy atom. The fourth-order valence-corrected chi connectivity index (χ4v) is 3.45. The molecule has 0 bridgehead atoms. The van der Waals surface area contributed by atoms with Crippen LogP contribution in [0.4, 0.5) is 5.82 Å². The first-order valence-corrected chi connectivity index (χ1v) is 9.78. The highest BCUT2D eigenvalue weighted by Gasteiger charge is 2.14. The first kappa shape index (κ1) is 21.0. The highest BCUT2D eigenvalue weighted by molar-refractivity contribution is 9.10. The summed E-state index contributed by atoms with van der Waals surface area (Å²) in [6, 6.07) is 12.5. The summed E-state index contributed by atoms with van der Waals surface area (Å²) in [6.07, 6.45) is 1.61. The Bertz CT molecular complexity index is 1010. The summed E-state index contributed by atoms with van der Waals surface area (Å²) < 4.78 is 18.8. The van der Waals surface area contributed by atoms with Crippen LogP contribution >= 0.6 is 27.5 Å². The van der Waals surface area contributed by atoms with Gasteiger partial charge in [-0.3, -0.25) is 4.79 Å². The molecule has 7 nitrogen and oxygen atoms in total. The van der Waals surface area contributed by atoms with Crippen LogP contribution in [0, 0.1) is 0 Å². The molecule has 0 radical (unpaired) electrons. The Morgan fingerprint density at radius 1 is 1.17 bits per heavy atom. The summed E-state index contributed by atoms with van der Waals surface area (Å²) in [5.74, 6) is 1.88. The summed E-state index contributed by atoms with van der Waals surface area (Å²) in [5.41, 5.74) is 0.865. The Balaban J connectivity index is 1.67. The summed E-state index contributed by atoms with van der Waals surface area (Å²) in [4.78, 5) is 12.3. The van der Waals surface area contributed by atoms with Gasteiger partial charge in [-0.2, -0.15) is 5.10 Å². The second-order valence-electron chi connectivity index (χ2n) is 5.94. The number of hydrogen-bond acceptors (Lipinski definition) is 5. The van der Waals surface area contributed by atoms with Crippen LogP contribution in [-0.4, -0.2) is 36.5 Å². The Morgan fingerprint density at radius 3 is 2.72 bits per heavy atom. The number of anilines is 1. The van der Waals surface area contributed by atoms with Crippen LogP contribution in [0.5, 0.6) is 17.2 Å². The largest absolute Gasteiger partial charge is 0.493 e. The van der Waals surface area contributed by atoms with Gasteiger partial charge in [0.2, 0.25) is 0 Å². The lowest BCUT2D eigenvalue weighted by Crippen LogP contribution is -2.22. The Hall–Kier alpha value is -2.71. The average molecular weight is 481 g/mol. The number of hydrogen-bond donors (Lipinski definition) is 1. The van der Waals surface area contributed by atoms with E-state index < -0.39 is 0 Å². The molecule has 29 heavy (non-hydrogen) atoms. The molecular weight excluding hydrogens is 462 g/mol. The molecule has 3 rings (SSSR count). The minimum atomic E-state index is -0.330. The van der Waals surface area contributed by atoms with E-state index in [4.69, 9.17) is 25.8 Å². The molecule has 152 valence electrons. The van der Waals surface area contributed by atoms with Gasteiger partial charge in [0, 0.05) is 16.1 Å². The van der Waals surface area contributed by atoms with Crippen molar-refractivity contribution in [3.05, 3.63) is 63.7 Å². The lowest BCUT2D eigenvalue weighted by atomic mass is 10.2. The minimum absolute atomic E-state index is 0.186. The Labute approximate surface area is 181 Å². The predicted octanol–water partition coefficient (Wildman–Crippen LogP) is 4.38. The molecule has 0 saturated carbocycles. The van der Waals surface area contributed by atoms with Crippen LogP contribution < -0.4 is 19.5 Å². The van der Waals surface area contributed by atoms with Gasteiger partial charge in [0.15, 0.2) is 18.1 Å². The van der Waals surface area contributed by atoms with E-state index in [9.17, 15) is 4.79 Å². The lowest BCUT2D eigenvalue weighted by molar-refractivity contribution is -0.118. The van der Waals surface area contributed by atoms with E-state index in [0.717, 1.165) is 10.0 Å². The number of halogens is 2. The van der Waals surface area contributed by atoms with Crippen LogP contribution in [0.15, 0.2) is 53.1 Å². The van der Waals surface area contributed by atoms with Crippen molar-refractivity contribution >= 4 is 39.3 Å². The number of nitrogens with zero attached hydrogens (tertiary/aromatic N) is 2. The predicted molar refractivity (Wildman–Crippen MR) is 114 cm³/mol. The molecule has 0 fully saturated rings. The Kier molecular flexibility index (Phi) is 7.00. The van der Waals surface area contributed by atoms with Crippen LogP contribution in [-0.2, 0) is 11.3 Å². The van der Waals surface area contributed by atoms with Crippen molar-refractivity contribution in [3.8, 4) is 17.2 Å². The molecule has 2 aromatic carbocycles. The van der Waals surface area contributed by atoms with Crippen LogP contribution in [0.3, 0.4) is 0 Å². The minimum Gasteiger partial charge on any atom is -0.493 e. The van der Waals surface area contributed by atoms with Gasteiger partial charge < -0.3 is 19.5 Å². The quantitative estimate of drug-likeness (QED) is 0.518. The third-order valence-corrected chi connectivity index (χ3v) is 4.83. The van der Waals surface area contributed by atoms with E-state index in [1.54, 1.807) is 49.4 Å². The van der Waals surface area contributed by atoms with Crippen LogP contribution in [0.2, 0.25) is 5.02 Å². The summed E-state index contributed by atoms with van der Waals surface area (Å²) in [7, 11) is 3.16. The van der Waals surface area contributed by atoms with Crippen molar-refractivity contribution in [3.63, 3.8) is 0 Å². The van der Waals surface area contributed by atoms with Gasteiger partial charge in [-0.1, -0.05) is 39.7 Å². The molecule has 0 aliphatic carbocycles. The van der Waals surface area contributed by atoms with Gasteiger partial charge >= 0.3 is 0 Å². The number of aromatic nitrogens is 2. The zero-order valence-corrected chi connectivity index (χ0v) is 18.2. The van der Waals surface area contributed by atoms with Gasteiger partial charge in [-0.05, 0) is 24.3 Å². The number of ether oxygens (including phenoxy) is 3. The fourth-order valence-electron chi connectivity index (χ4n) is 2.72. The monoisotopic (exact) mass is 479 g/mol. The number of carbonyl (C=O) groups is 1. The molecule has 0 spiro atoms. The highest BCUT2D eigenvalue weighted by Crippen LogP contribution is 2.31. The van der Waals surface area contributed by atoms with Crippen molar-refractivity contribution < 1.29 is 19.0 Å². The second kappa shape index (κ2) is 9.67. The van der Waals surface area contributed by atoms with E-state index in [0.29, 0.717) is 34.6 Å². The van der Waals surface area contributed by atoms with Gasteiger partial charge in [0.1, 0.15) is 11.6 Å². The van der Waals surface area contributed by atoms with Gasteiger partial charge in [-0.25, -0.2) is 4.68 Å². The number of rotatable bonds is 8. The zero-order valence-electron chi connectivity index (χ0n) is 15.8. The molecule has 3 aromatic rings. The molecule has 0 atom stereocenters. The molecule has 0 unspecified atom stereocenters. The van der Waals surface area contributed by atoms with Gasteiger partial charge in [-0.15, -0.1) is 0 Å². The molecule has 1 heterocycles. The molecule has 0 saturated heterocycles. The van der Waals surface area contributed by atoms with Crippen molar-refractivity contribution in [1.29, 1.82) is 0 Å².